The predicted octanol–water partition coefficient (Wildman–Crippen LogP) is 5.12. The van der Waals surface area contributed by atoms with Crippen LogP contribution in [0.5, 0.6) is 0 Å². The van der Waals surface area contributed by atoms with E-state index in [0.29, 0.717) is 56.8 Å². The fourth-order valence-electron chi connectivity index (χ4n) is 18.6. The first-order valence-electron chi connectivity index (χ1n) is 24.7. The average molecular weight is 852 g/mol. The molecule has 10 heteroatoms. The second-order valence-electron chi connectivity index (χ2n) is 22.7. The fourth-order valence-corrected chi connectivity index (χ4v) is 18.6. The third-order valence-electron chi connectivity index (χ3n) is 21.0. The van der Waals surface area contributed by atoms with Crippen molar-refractivity contribution in [3.05, 3.63) is 47.0 Å². The zero-order valence-corrected chi connectivity index (χ0v) is 36.5. The van der Waals surface area contributed by atoms with E-state index in [0.717, 1.165) is 67.9 Å². The molecule has 0 saturated heterocycles. The van der Waals surface area contributed by atoms with E-state index in [1.165, 1.54) is 12.8 Å². The van der Waals surface area contributed by atoms with E-state index in [1.54, 1.807) is 6.08 Å². The van der Waals surface area contributed by atoms with Gasteiger partial charge in [-0.3, -0.25) is 5.32 Å². The maximum atomic E-state index is 14.7. The van der Waals surface area contributed by atoms with Gasteiger partial charge < -0.3 is 40.2 Å². The summed E-state index contributed by atoms with van der Waals surface area (Å²) < 4.78 is 6.23. The predicted molar refractivity (Wildman–Crippen MR) is 229 cm³/mol. The Labute approximate surface area is 366 Å². The van der Waals surface area contributed by atoms with Crippen molar-refractivity contribution >= 4 is 12.3 Å². The van der Waals surface area contributed by atoms with Gasteiger partial charge in [0.15, 0.2) is 0 Å². The number of rotatable bonds is 5. The molecule has 0 radical (unpaired) electrons. The van der Waals surface area contributed by atoms with Crippen LogP contribution in [0.25, 0.3) is 0 Å². The SMILES string of the molecule is CC(C1CCCC1)C1CCC2C(O)C3(CCCC3)CC3(C=O)C4CCC56CCC#Cc7ccccc7CC(NCO)C7CC(CC5(O)C4(O)C(O)C(C1)C23O)C6C1=CC(=O)OC17. The van der Waals surface area contributed by atoms with Crippen molar-refractivity contribution < 1.29 is 45.0 Å². The highest BCUT2D eigenvalue weighted by Gasteiger charge is 2.86. The van der Waals surface area contributed by atoms with Gasteiger partial charge >= 0.3 is 5.97 Å². The molecule has 1 aliphatic heterocycles. The largest absolute Gasteiger partial charge is 0.454 e. The number of esters is 1. The van der Waals surface area contributed by atoms with Gasteiger partial charge in [-0.05, 0) is 129 Å². The van der Waals surface area contributed by atoms with Crippen molar-refractivity contribution in [1.82, 2.24) is 5.32 Å². The zero-order chi connectivity index (χ0) is 43.0. The number of aliphatic hydroxyl groups excluding tert-OH is 3. The number of fused-ring (bicyclic) bond motifs is 7. The minimum absolute atomic E-state index is 0.103. The van der Waals surface area contributed by atoms with E-state index in [2.05, 4.69) is 30.1 Å². The molecule has 10 nitrogen and oxygen atoms in total. The lowest BCUT2D eigenvalue weighted by atomic mass is 9.33. The van der Waals surface area contributed by atoms with Crippen molar-refractivity contribution in [3.63, 3.8) is 0 Å². The van der Waals surface area contributed by atoms with Crippen LogP contribution in [0.15, 0.2) is 35.9 Å². The van der Waals surface area contributed by atoms with Gasteiger partial charge in [0.05, 0.1) is 30.0 Å². The third kappa shape index (κ3) is 5.31. The lowest BCUT2D eigenvalue weighted by Gasteiger charge is -2.74. The molecule has 0 aromatic heterocycles. The van der Waals surface area contributed by atoms with Crippen LogP contribution >= 0.6 is 0 Å². The van der Waals surface area contributed by atoms with E-state index in [4.69, 9.17) is 4.74 Å². The minimum Gasteiger partial charge on any atom is -0.454 e. The molecular weight excluding hydrogens is 783 g/mol. The molecule has 8 saturated carbocycles. The van der Waals surface area contributed by atoms with Crippen LogP contribution in [0.1, 0.15) is 134 Å². The van der Waals surface area contributed by atoms with Crippen LogP contribution in [0.4, 0.5) is 0 Å². The molecule has 336 valence electrons. The summed E-state index contributed by atoms with van der Waals surface area (Å²) in [4.78, 5) is 28.2. The lowest BCUT2D eigenvalue weighted by Crippen LogP contribution is -2.86. The Bertz CT molecular complexity index is 2070. The average Bonchev–Trinajstić information content (AvgIpc) is 4.07. The fraction of sp³-hybridized carbons (Fsp3) is 0.769. The molecular formula is C52H69NO9. The molecule has 1 aromatic carbocycles. The van der Waals surface area contributed by atoms with Crippen molar-refractivity contribution in [1.29, 1.82) is 0 Å². The quantitative estimate of drug-likeness (QED) is 0.0912. The van der Waals surface area contributed by atoms with Gasteiger partial charge in [0.2, 0.25) is 0 Å². The molecule has 11 rings (SSSR count). The zero-order valence-electron chi connectivity index (χ0n) is 36.5. The smallest absolute Gasteiger partial charge is 0.331 e. The molecule has 17 atom stereocenters. The number of ether oxygens (including phenoxy) is 1. The summed E-state index contributed by atoms with van der Waals surface area (Å²) in [7, 11) is 0. The summed E-state index contributed by atoms with van der Waals surface area (Å²) in [5, 5.41) is 82.5. The van der Waals surface area contributed by atoms with Crippen LogP contribution < -0.4 is 5.32 Å². The highest BCUT2D eigenvalue weighted by molar-refractivity contribution is 5.86. The van der Waals surface area contributed by atoms with E-state index >= 15 is 0 Å². The van der Waals surface area contributed by atoms with Gasteiger partial charge in [-0.15, -0.1) is 0 Å². The summed E-state index contributed by atoms with van der Waals surface area (Å²) in [6.45, 7) is 2.04. The van der Waals surface area contributed by atoms with Crippen molar-refractivity contribution in [2.45, 2.75) is 170 Å². The Kier molecular flexibility index (Phi) is 9.96. The Balaban J connectivity index is 1.10. The van der Waals surface area contributed by atoms with Gasteiger partial charge in [-0.1, -0.05) is 75.5 Å². The van der Waals surface area contributed by atoms with Gasteiger partial charge in [0.25, 0.3) is 0 Å². The van der Waals surface area contributed by atoms with E-state index < -0.39 is 75.1 Å². The summed E-state index contributed by atoms with van der Waals surface area (Å²) >= 11 is 0. The van der Waals surface area contributed by atoms with Crippen LogP contribution in [0.3, 0.4) is 0 Å². The summed E-state index contributed by atoms with van der Waals surface area (Å²) in [6, 6.07) is 7.71. The number of aliphatic hydroxyl groups is 6. The summed E-state index contributed by atoms with van der Waals surface area (Å²) in [6.07, 6.45) is 12.2. The summed E-state index contributed by atoms with van der Waals surface area (Å²) in [5.74, 6) is 3.96. The highest BCUT2D eigenvalue weighted by atomic mass is 16.5. The van der Waals surface area contributed by atoms with Gasteiger partial charge in [-0.2, -0.15) is 0 Å². The molecule has 7 N–H and O–H groups in total. The monoisotopic (exact) mass is 851 g/mol. The first-order valence-corrected chi connectivity index (χ1v) is 24.7. The van der Waals surface area contributed by atoms with E-state index in [1.807, 2.05) is 18.2 Å². The maximum Gasteiger partial charge on any atom is 0.331 e. The maximum absolute atomic E-state index is 14.7. The normalized spacial score (nSPS) is 49.2. The molecule has 8 fully saturated rings. The van der Waals surface area contributed by atoms with Crippen LogP contribution in [0.2, 0.25) is 0 Å². The number of carbonyl (C=O) groups is 2. The molecule has 10 aliphatic rings. The number of nitrogens with one attached hydrogen (secondary N) is 1. The molecule has 9 aliphatic carbocycles. The second kappa shape index (κ2) is 14.7. The Morgan fingerprint density at radius 1 is 0.903 bits per heavy atom. The minimum atomic E-state index is -2.20. The first kappa shape index (κ1) is 42.0. The topological polar surface area (TPSA) is 177 Å². The van der Waals surface area contributed by atoms with Crippen molar-refractivity contribution in [2.75, 3.05) is 6.73 Å². The Hall–Kier alpha value is -2.62. The molecule has 1 aromatic rings. The summed E-state index contributed by atoms with van der Waals surface area (Å²) in [5.41, 5.74) is -6.36. The van der Waals surface area contributed by atoms with Crippen LogP contribution in [-0.4, -0.2) is 90.8 Å². The lowest BCUT2D eigenvalue weighted by molar-refractivity contribution is -0.383. The molecule has 1 heterocycles. The molecule has 0 amide bonds. The van der Waals surface area contributed by atoms with Crippen molar-refractivity contribution in [2.24, 2.45) is 69.5 Å². The number of benzene rings is 1. The standard InChI is InChI=1S/C52H69NO9/c1-30(31-10-2-3-11-31)33-15-16-38-45(57)47(18-8-9-19-47)27-49(28-54)41-17-21-48-20-7-6-13-32-12-4-5-14-34(32)24-40(53-29-55)36-22-35(43(48)37-25-42(56)62-44(36)37)26-50(48,59)52(41,61)46(58)39(23-33)51(38,49)60/h4-5,12,14,25,28,30-31,33,35-36,38-41,43-46,53,55,57-61H,2-3,7-11,15-24,26-27,29H2,1H3. The van der Waals surface area contributed by atoms with E-state index in [-0.39, 0.29) is 55.7 Å². The number of hydrogen-bond acceptors (Lipinski definition) is 10. The first-order chi connectivity index (χ1) is 29.8. The van der Waals surface area contributed by atoms with Crippen molar-refractivity contribution in [3.8, 4) is 11.8 Å². The molecule has 2 spiro atoms. The third-order valence-corrected chi connectivity index (χ3v) is 21.0. The van der Waals surface area contributed by atoms with Crippen LogP contribution in [-0.2, 0) is 20.7 Å². The van der Waals surface area contributed by atoms with Gasteiger partial charge in [-0.25, -0.2) is 4.79 Å². The van der Waals surface area contributed by atoms with Crippen LogP contribution in [0, 0.1) is 81.3 Å². The van der Waals surface area contributed by atoms with Gasteiger partial charge in [0.1, 0.15) is 23.6 Å². The number of carbonyl (C=O) groups excluding carboxylic acids is 2. The highest BCUT2D eigenvalue weighted by Crippen LogP contribution is 2.79. The molecule has 62 heavy (non-hydrogen) atoms. The second-order valence-corrected chi connectivity index (χ2v) is 22.7. The van der Waals surface area contributed by atoms with E-state index in [9.17, 15) is 40.2 Å². The van der Waals surface area contributed by atoms with Gasteiger partial charge in [0, 0.05) is 53.2 Å². The Morgan fingerprint density at radius 2 is 1.68 bits per heavy atom. The molecule has 4 bridgehead atoms. The number of hydrogen-bond donors (Lipinski definition) is 7. The number of aldehydes is 1. The Morgan fingerprint density at radius 3 is 2.44 bits per heavy atom. The molecule has 17 unspecified atom stereocenters.